The van der Waals surface area contributed by atoms with Gasteiger partial charge in [0, 0.05) is 43.0 Å². The monoisotopic (exact) mass is 537 g/mol. The van der Waals surface area contributed by atoms with E-state index in [0.717, 1.165) is 18.4 Å². The molecule has 38 heavy (non-hydrogen) atoms. The van der Waals surface area contributed by atoms with Gasteiger partial charge in [0.25, 0.3) is 5.91 Å². The molecule has 0 aliphatic carbocycles. The van der Waals surface area contributed by atoms with Gasteiger partial charge in [-0.2, -0.15) is 0 Å². The minimum Gasteiger partial charge on any atom is -0.361 e. The van der Waals surface area contributed by atoms with E-state index in [1.54, 1.807) is 36.5 Å². The van der Waals surface area contributed by atoms with Gasteiger partial charge in [-0.1, -0.05) is 22.8 Å². The Labute approximate surface area is 227 Å². The molecule has 0 saturated carbocycles. The van der Waals surface area contributed by atoms with E-state index in [2.05, 4.69) is 25.8 Å². The molecule has 2 amide bonds. The molecule has 1 fully saturated rings. The fraction of sp³-hybridized carbons (Fsp3) is 0.370. The molecule has 1 aromatic carbocycles. The number of rotatable bonds is 8. The first-order valence-corrected chi connectivity index (χ1v) is 12.8. The Morgan fingerprint density at radius 3 is 2.53 bits per heavy atom. The summed E-state index contributed by atoms with van der Waals surface area (Å²) in [5.74, 6) is 0.885. The number of benzene rings is 1. The van der Waals surface area contributed by atoms with Crippen molar-refractivity contribution in [2.75, 3.05) is 44.4 Å². The van der Waals surface area contributed by atoms with E-state index in [0.29, 0.717) is 59.0 Å². The van der Waals surface area contributed by atoms with Crippen LogP contribution in [-0.2, 0) is 4.79 Å². The first-order valence-electron chi connectivity index (χ1n) is 12.4. The number of halogens is 1. The molecule has 1 aliphatic rings. The van der Waals surface area contributed by atoms with Crippen molar-refractivity contribution in [2.24, 2.45) is 0 Å². The van der Waals surface area contributed by atoms with Crippen molar-refractivity contribution in [3.05, 3.63) is 64.7 Å². The van der Waals surface area contributed by atoms with Crippen molar-refractivity contribution in [1.82, 2.24) is 24.9 Å². The Balaban J connectivity index is 1.30. The van der Waals surface area contributed by atoms with Crippen LogP contribution in [-0.4, -0.2) is 76.5 Å². The van der Waals surface area contributed by atoms with Gasteiger partial charge in [0.2, 0.25) is 11.9 Å². The number of nitrogens with one attached hydrogen (secondary N) is 2. The second kappa shape index (κ2) is 12.2. The number of hydrogen-bond acceptors (Lipinski definition) is 8. The summed E-state index contributed by atoms with van der Waals surface area (Å²) in [6.45, 7) is 5.57. The lowest BCUT2D eigenvalue weighted by atomic mass is 10.0. The van der Waals surface area contributed by atoms with E-state index >= 15 is 0 Å². The second-order valence-electron chi connectivity index (χ2n) is 9.53. The number of aryl methyl sites for hydroxylation is 2. The Morgan fingerprint density at radius 1 is 1.18 bits per heavy atom. The molecule has 3 aromatic rings. The van der Waals surface area contributed by atoms with E-state index in [9.17, 15) is 9.59 Å². The number of nitrogens with zero attached hydrogens (tertiary/aromatic N) is 5. The number of hydrogen-bond donors (Lipinski definition) is 2. The van der Waals surface area contributed by atoms with Gasteiger partial charge >= 0.3 is 0 Å². The number of likely N-dealkylation sites (N-methyl/N-ethyl adjacent to an activating group) is 1. The number of anilines is 2. The summed E-state index contributed by atoms with van der Waals surface area (Å²) in [5.41, 5.74) is 3.29. The van der Waals surface area contributed by atoms with Crippen LogP contribution in [0.4, 0.5) is 11.6 Å². The van der Waals surface area contributed by atoms with Crippen LogP contribution in [0, 0.1) is 13.8 Å². The predicted molar refractivity (Wildman–Crippen MR) is 147 cm³/mol. The number of amides is 2. The molecular weight excluding hydrogens is 506 g/mol. The minimum atomic E-state index is -0.205. The lowest BCUT2D eigenvalue weighted by molar-refractivity contribution is -0.111. The number of aromatic nitrogens is 3. The van der Waals surface area contributed by atoms with Crippen LogP contribution in [0.2, 0.25) is 5.02 Å². The van der Waals surface area contributed by atoms with Crippen LogP contribution in [0.15, 0.2) is 47.1 Å². The lowest BCUT2D eigenvalue weighted by Crippen LogP contribution is -2.42. The predicted octanol–water partition coefficient (Wildman–Crippen LogP) is 4.17. The Bertz CT molecular complexity index is 1290. The molecule has 4 rings (SSSR count). The molecule has 0 atom stereocenters. The molecule has 0 spiro atoms. The van der Waals surface area contributed by atoms with Gasteiger partial charge in [0.05, 0.1) is 28.2 Å². The zero-order chi connectivity index (χ0) is 27.2. The van der Waals surface area contributed by atoms with Gasteiger partial charge < -0.3 is 25.0 Å². The van der Waals surface area contributed by atoms with E-state index < -0.39 is 0 Å². The fourth-order valence-corrected chi connectivity index (χ4v) is 4.46. The summed E-state index contributed by atoms with van der Waals surface area (Å²) < 4.78 is 5.26. The van der Waals surface area contributed by atoms with Crippen LogP contribution in [0.25, 0.3) is 11.3 Å². The maximum Gasteiger partial charge on any atom is 0.253 e. The Kier molecular flexibility index (Phi) is 8.75. The summed E-state index contributed by atoms with van der Waals surface area (Å²) in [5, 5.41) is 10.6. The van der Waals surface area contributed by atoms with Gasteiger partial charge in [-0.15, -0.1) is 0 Å². The third-order valence-corrected chi connectivity index (χ3v) is 6.55. The number of carbonyl (C=O) groups is 2. The first-order chi connectivity index (χ1) is 18.2. The van der Waals surface area contributed by atoms with Gasteiger partial charge in [-0.05, 0) is 65.0 Å². The maximum absolute atomic E-state index is 13.0. The van der Waals surface area contributed by atoms with Gasteiger partial charge in [0.1, 0.15) is 5.76 Å². The number of carbonyl (C=O) groups excluding carboxylic acids is 2. The zero-order valence-electron chi connectivity index (χ0n) is 22.0. The maximum atomic E-state index is 13.0. The Morgan fingerprint density at radius 2 is 1.89 bits per heavy atom. The zero-order valence-corrected chi connectivity index (χ0v) is 22.7. The summed E-state index contributed by atoms with van der Waals surface area (Å²) in [6.07, 6.45) is 6.38. The molecule has 1 saturated heterocycles. The SMILES string of the molecule is Cc1noc(C)c1-c1nc(NC2CCN(C(=O)c3ccc(NC(=O)/C=C/CN(C)C)cc3)CC2)ncc1Cl. The van der Waals surface area contributed by atoms with Crippen molar-refractivity contribution in [2.45, 2.75) is 32.7 Å². The summed E-state index contributed by atoms with van der Waals surface area (Å²) in [4.78, 5) is 37.8. The normalized spacial score (nSPS) is 14.3. The fourth-order valence-electron chi connectivity index (χ4n) is 4.28. The molecule has 11 heteroatoms. The highest BCUT2D eigenvalue weighted by Crippen LogP contribution is 2.31. The molecule has 1 aliphatic heterocycles. The highest BCUT2D eigenvalue weighted by molar-refractivity contribution is 6.33. The quantitative estimate of drug-likeness (QED) is 0.411. The first kappa shape index (κ1) is 27.3. The highest BCUT2D eigenvalue weighted by Gasteiger charge is 2.25. The van der Waals surface area contributed by atoms with E-state index in [1.165, 1.54) is 6.08 Å². The number of likely N-dealkylation sites (tertiary alicyclic amines) is 1. The molecule has 0 radical (unpaired) electrons. The smallest absolute Gasteiger partial charge is 0.253 e. The van der Waals surface area contributed by atoms with Crippen molar-refractivity contribution in [1.29, 1.82) is 0 Å². The Hall–Kier alpha value is -3.76. The molecule has 2 N–H and O–H groups in total. The van der Waals surface area contributed by atoms with Gasteiger partial charge in [0.15, 0.2) is 0 Å². The topological polar surface area (TPSA) is 116 Å². The van der Waals surface area contributed by atoms with Crippen molar-refractivity contribution in [3.63, 3.8) is 0 Å². The van der Waals surface area contributed by atoms with Gasteiger partial charge in [-0.3, -0.25) is 9.59 Å². The molecule has 0 bridgehead atoms. The third kappa shape index (κ3) is 6.76. The average molecular weight is 538 g/mol. The van der Waals surface area contributed by atoms with E-state index in [1.807, 2.05) is 37.7 Å². The van der Waals surface area contributed by atoms with E-state index in [4.69, 9.17) is 16.1 Å². The van der Waals surface area contributed by atoms with Crippen molar-refractivity contribution in [3.8, 4) is 11.3 Å². The second-order valence-corrected chi connectivity index (χ2v) is 9.94. The summed E-state index contributed by atoms with van der Waals surface area (Å²) >= 11 is 6.36. The number of piperidine rings is 1. The highest BCUT2D eigenvalue weighted by atomic mass is 35.5. The molecule has 3 heterocycles. The molecular formula is C27H32ClN7O3. The summed E-state index contributed by atoms with van der Waals surface area (Å²) in [6, 6.07) is 7.09. The van der Waals surface area contributed by atoms with Crippen LogP contribution in [0.3, 0.4) is 0 Å². The van der Waals surface area contributed by atoms with Crippen molar-refractivity contribution < 1.29 is 14.1 Å². The molecule has 10 nitrogen and oxygen atoms in total. The standard InChI is InChI=1S/C27H32ClN7O3/c1-17-24(18(2)38-33-17)25-22(28)16-29-27(32-25)31-21-11-14-35(15-12-21)26(37)19-7-9-20(10-8-19)30-23(36)6-5-13-34(3)4/h5-10,16,21H,11-15H2,1-4H3,(H,30,36)(H,29,31,32)/b6-5+. The van der Waals surface area contributed by atoms with Gasteiger partial charge in [-0.25, -0.2) is 9.97 Å². The average Bonchev–Trinajstić information content (AvgIpc) is 3.23. The van der Waals surface area contributed by atoms with Crippen molar-refractivity contribution >= 4 is 35.1 Å². The largest absolute Gasteiger partial charge is 0.361 e. The van der Waals surface area contributed by atoms with Crippen LogP contribution in [0.5, 0.6) is 0 Å². The van der Waals surface area contributed by atoms with Crippen LogP contribution in [0.1, 0.15) is 34.7 Å². The van der Waals surface area contributed by atoms with Crippen LogP contribution < -0.4 is 10.6 Å². The summed E-state index contributed by atoms with van der Waals surface area (Å²) in [7, 11) is 3.87. The minimum absolute atomic E-state index is 0.0318. The lowest BCUT2D eigenvalue weighted by Gasteiger charge is -2.32. The molecule has 200 valence electrons. The molecule has 2 aromatic heterocycles. The van der Waals surface area contributed by atoms with Crippen LogP contribution >= 0.6 is 11.6 Å². The third-order valence-electron chi connectivity index (χ3n) is 6.27. The molecule has 0 unspecified atom stereocenters. The van der Waals surface area contributed by atoms with E-state index in [-0.39, 0.29) is 17.9 Å².